The molecule has 18 heavy (non-hydrogen) atoms. The molecule has 1 aromatic heterocycles. The van der Waals surface area contributed by atoms with Gasteiger partial charge in [-0.25, -0.2) is 4.39 Å². The summed E-state index contributed by atoms with van der Waals surface area (Å²) in [5, 5.41) is 14.3. The molecule has 1 aromatic carbocycles. The highest BCUT2D eigenvalue weighted by Crippen LogP contribution is 2.38. The van der Waals surface area contributed by atoms with E-state index >= 15 is 0 Å². The Labute approximate surface area is 105 Å². The van der Waals surface area contributed by atoms with Gasteiger partial charge < -0.3 is 5.11 Å². The molecule has 1 aliphatic carbocycles. The topological polar surface area (TPSA) is 38.0 Å². The third kappa shape index (κ3) is 1.82. The fourth-order valence-electron chi connectivity index (χ4n) is 2.71. The molecule has 2 aromatic rings. The Morgan fingerprint density at radius 2 is 2.06 bits per heavy atom. The highest BCUT2D eigenvalue weighted by molar-refractivity contribution is 5.30. The average molecular weight is 246 g/mol. The number of halogens is 1. The monoisotopic (exact) mass is 246 g/mol. The maximum absolute atomic E-state index is 12.9. The molecule has 3 nitrogen and oxygen atoms in total. The molecule has 3 rings (SSSR count). The van der Waals surface area contributed by atoms with E-state index < -0.39 is 6.10 Å². The van der Waals surface area contributed by atoms with Crippen molar-refractivity contribution in [3.63, 3.8) is 0 Å². The van der Waals surface area contributed by atoms with Crippen molar-refractivity contribution in [2.24, 2.45) is 7.05 Å². The van der Waals surface area contributed by atoms with Crippen LogP contribution in [0.4, 0.5) is 4.39 Å². The number of nitrogens with zero attached hydrogens (tertiary/aromatic N) is 2. The van der Waals surface area contributed by atoms with E-state index in [0.717, 1.165) is 23.2 Å². The van der Waals surface area contributed by atoms with Gasteiger partial charge in [-0.2, -0.15) is 5.10 Å². The fraction of sp³-hybridized carbons (Fsp3) is 0.357. The number of rotatable bonds is 1. The number of aryl methyl sites for hydroxylation is 1. The molecule has 1 aliphatic rings. The lowest BCUT2D eigenvalue weighted by molar-refractivity contribution is 0.147. The van der Waals surface area contributed by atoms with Gasteiger partial charge in [0.05, 0.1) is 12.3 Å². The molecule has 4 heteroatoms. The van der Waals surface area contributed by atoms with Gasteiger partial charge in [0.25, 0.3) is 0 Å². The molecule has 0 amide bonds. The zero-order valence-electron chi connectivity index (χ0n) is 10.2. The highest BCUT2D eigenvalue weighted by Gasteiger charge is 2.29. The van der Waals surface area contributed by atoms with Crippen LogP contribution in [0, 0.1) is 5.82 Å². The van der Waals surface area contributed by atoms with Crippen molar-refractivity contribution in [3.8, 4) is 0 Å². The predicted octanol–water partition coefficient (Wildman–Crippen LogP) is 2.32. The average Bonchev–Trinajstić information content (AvgIpc) is 2.73. The predicted molar refractivity (Wildman–Crippen MR) is 65.6 cm³/mol. The Kier molecular flexibility index (Phi) is 2.67. The van der Waals surface area contributed by atoms with Gasteiger partial charge in [-0.1, -0.05) is 12.1 Å². The molecular formula is C14H15FN2O. The van der Waals surface area contributed by atoms with E-state index in [4.69, 9.17) is 0 Å². The number of aliphatic hydroxyl groups excluding tert-OH is 1. The Hall–Kier alpha value is -1.68. The third-order valence-electron chi connectivity index (χ3n) is 3.74. The lowest BCUT2D eigenvalue weighted by atomic mass is 9.81. The smallest absolute Gasteiger partial charge is 0.123 e. The van der Waals surface area contributed by atoms with Gasteiger partial charge in [-0.3, -0.25) is 4.68 Å². The van der Waals surface area contributed by atoms with Gasteiger partial charge in [-0.15, -0.1) is 0 Å². The van der Waals surface area contributed by atoms with Crippen LogP contribution in [0.3, 0.4) is 0 Å². The minimum Gasteiger partial charge on any atom is -0.388 e. The van der Waals surface area contributed by atoms with Crippen LogP contribution in [0.25, 0.3) is 0 Å². The quantitative estimate of drug-likeness (QED) is 0.838. The van der Waals surface area contributed by atoms with Crippen molar-refractivity contribution in [3.05, 3.63) is 53.1 Å². The van der Waals surface area contributed by atoms with E-state index in [1.54, 1.807) is 18.3 Å². The number of aliphatic hydroxyl groups is 1. The largest absolute Gasteiger partial charge is 0.388 e. The van der Waals surface area contributed by atoms with E-state index in [2.05, 4.69) is 5.10 Å². The maximum Gasteiger partial charge on any atom is 0.123 e. The van der Waals surface area contributed by atoms with Crippen molar-refractivity contribution in [2.75, 3.05) is 0 Å². The summed E-state index contributed by atoms with van der Waals surface area (Å²) in [6.45, 7) is 0. The van der Waals surface area contributed by atoms with Crippen LogP contribution in [0.15, 0.2) is 30.5 Å². The van der Waals surface area contributed by atoms with Gasteiger partial charge in [0.15, 0.2) is 0 Å². The zero-order valence-corrected chi connectivity index (χ0v) is 10.2. The second-order valence-corrected chi connectivity index (χ2v) is 4.87. The van der Waals surface area contributed by atoms with Gasteiger partial charge >= 0.3 is 0 Å². The van der Waals surface area contributed by atoms with Crippen molar-refractivity contribution < 1.29 is 9.50 Å². The summed E-state index contributed by atoms with van der Waals surface area (Å²) >= 11 is 0. The highest BCUT2D eigenvalue weighted by atomic mass is 19.1. The first-order valence-corrected chi connectivity index (χ1v) is 6.09. The molecule has 2 atom stereocenters. The summed E-state index contributed by atoms with van der Waals surface area (Å²) in [7, 11) is 1.89. The molecule has 0 bridgehead atoms. The molecule has 0 saturated heterocycles. The molecule has 0 spiro atoms. The molecule has 0 aliphatic heterocycles. The minimum atomic E-state index is -0.475. The third-order valence-corrected chi connectivity index (χ3v) is 3.74. The summed E-state index contributed by atoms with van der Waals surface area (Å²) in [6.07, 6.45) is 2.78. The SMILES string of the molecule is Cn1ncc2c1CC(c1ccc(F)cc1)CC2O. The van der Waals surface area contributed by atoms with Gasteiger partial charge in [-0.05, 0) is 36.5 Å². The number of benzene rings is 1. The van der Waals surface area contributed by atoms with Gasteiger partial charge in [0.1, 0.15) is 5.82 Å². The number of hydrogen-bond acceptors (Lipinski definition) is 2. The number of aromatic nitrogens is 2. The molecule has 0 saturated carbocycles. The molecule has 0 fully saturated rings. The Morgan fingerprint density at radius 3 is 2.78 bits per heavy atom. The Balaban J connectivity index is 1.93. The Bertz CT molecular complexity index is 562. The van der Waals surface area contributed by atoms with Gasteiger partial charge in [0.2, 0.25) is 0 Å². The number of fused-ring (bicyclic) bond motifs is 1. The first-order valence-electron chi connectivity index (χ1n) is 6.09. The van der Waals surface area contributed by atoms with Crippen LogP contribution in [0.2, 0.25) is 0 Å². The summed E-state index contributed by atoms with van der Waals surface area (Å²) < 4.78 is 14.7. The van der Waals surface area contributed by atoms with E-state index in [1.807, 2.05) is 11.7 Å². The first-order chi connectivity index (χ1) is 8.65. The second kappa shape index (κ2) is 4.21. The van der Waals surface area contributed by atoms with Crippen molar-refractivity contribution in [1.82, 2.24) is 9.78 Å². The zero-order chi connectivity index (χ0) is 12.7. The summed E-state index contributed by atoms with van der Waals surface area (Å²) in [4.78, 5) is 0. The van der Waals surface area contributed by atoms with Crippen LogP contribution in [-0.4, -0.2) is 14.9 Å². The van der Waals surface area contributed by atoms with Gasteiger partial charge in [0, 0.05) is 18.3 Å². The van der Waals surface area contributed by atoms with Crippen LogP contribution < -0.4 is 0 Å². The number of hydrogen-bond donors (Lipinski definition) is 1. The van der Waals surface area contributed by atoms with Crippen LogP contribution >= 0.6 is 0 Å². The minimum absolute atomic E-state index is 0.225. The molecular weight excluding hydrogens is 231 g/mol. The maximum atomic E-state index is 12.9. The lowest BCUT2D eigenvalue weighted by Gasteiger charge is -2.27. The standard InChI is InChI=1S/C14H15FN2O/c1-17-13-6-10(7-14(18)12(13)8-16-17)9-2-4-11(15)5-3-9/h2-5,8,10,14,18H,6-7H2,1H3. The van der Waals surface area contributed by atoms with E-state index in [1.165, 1.54) is 12.1 Å². The van der Waals surface area contributed by atoms with Crippen LogP contribution in [-0.2, 0) is 13.5 Å². The summed E-state index contributed by atoms with van der Waals surface area (Å²) in [6, 6.07) is 6.54. The van der Waals surface area contributed by atoms with Crippen LogP contribution in [0.5, 0.6) is 0 Å². The molecule has 0 radical (unpaired) electrons. The second-order valence-electron chi connectivity index (χ2n) is 4.87. The molecule has 94 valence electrons. The molecule has 1 N–H and O–H groups in total. The molecule has 2 unspecified atom stereocenters. The first kappa shape index (κ1) is 11.4. The molecule has 1 heterocycles. The van der Waals surface area contributed by atoms with Crippen molar-refractivity contribution in [2.45, 2.75) is 24.9 Å². The lowest BCUT2D eigenvalue weighted by Crippen LogP contribution is -2.18. The summed E-state index contributed by atoms with van der Waals surface area (Å²) in [5.41, 5.74) is 3.07. The van der Waals surface area contributed by atoms with Crippen molar-refractivity contribution in [1.29, 1.82) is 0 Å². The Morgan fingerprint density at radius 1 is 1.33 bits per heavy atom. The summed E-state index contributed by atoms with van der Waals surface area (Å²) in [5.74, 6) is -0.000157. The van der Waals surface area contributed by atoms with E-state index in [0.29, 0.717) is 6.42 Å². The van der Waals surface area contributed by atoms with Crippen molar-refractivity contribution >= 4 is 0 Å². The normalized spacial score (nSPS) is 22.8. The fourth-order valence-corrected chi connectivity index (χ4v) is 2.71. The van der Waals surface area contributed by atoms with E-state index in [9.17, 15) is 9.50 Å². The van der Waals surface area contributed by atoms with E-state index in [-0.39, 0.29) is 11.7 Å². The van der Waals surface area contributed by atoms with Crippen LogP contribution in [0.1, 0.15) is 35.3 Å².